The monoisotopic (exact) mass is 221 g/mol. The van der Waals surface area contributed by atoms with E-state index >= 15 is 0 Å². The number of ether oxygens (including phenoxy) is 1. The van der Waals surface area contributed by atoms with Crippen LogP contribution in [0.25, 0.3) is 0 Å². The van der Waals surface area contributed by atoms with E-state index in [4.69, 9.17) is 10.5 Å². The summed E-state index contributed by atoms with van der Waals surface area (Å²) < 4.78 is 5.80. The van der Waals surface area contributed by atoms with E-state index in [1.165, 1.54) is 5.56 Å². The van der Waals surface area contributed by atoms with Gasteiger partial charge in [0.1, 0.15) is 12.4 Å². The van der Waals surface area contributed by atoms with E-state index in [1.807, 2.05) is 18.2 Å². The van der Waals surface area contributed by atoms with Gasteiger partial charge >= 0.3 is 0 Å². The third-order valence-corrected chi connectivity index (χ3v) is 2.83. The minimum Gasteiger partial charge on any atom is -0.492 e. The van der Waals surface area contributed by atoms with Gasteiger partial charge in [0.25, 0.3) is 0 Å². The number of nitrogens with two attached hydrogens (primary N) is 1. The minimum atomic E-state index is 0.0974. The van der Waals surface area contributed by atoms with Gasteiger partial charge in [-0.25, -0.2) is 0 Å². The Morgan fingerprint density at radius 3 is 2.31 bits per heavy atom. The Bertz CT molecular complexity index is 320. The van der Waals surface area contributed by atoms with Crippen LogP contribution in [-0.4, -0.2) is 12.6 Å². The average molecular weight is 221 g/mol. The molecule has 1 unspecified atom stereocenters. The molecule has 0 radical (unpaired) electrons. The van der Waals surface area contributed by atoms with E-state index in [-0.39, 0.29) is 6.04 Å². The zero-order chi connectivity index (χ0) is 12.1. The first-order valence-corrected chi connectivity index (χ1v) is 5.99. The van der Waals surface area contributed by atoms with Gasteiger partial charge in [0, 0.05) is 6.04 Å². The van der Waals surface area contributed by atoms with Crippen LogP contribution in [0.5, 0.6) is 5.75 Å². The van der Waals surface area contributed by atoms with Crippen LogP contribution in [0, 0.1) is 5.92 Å². The van der Waals surface area contributed by atoms with Crippen LogP contribution in [0.2, 0.25) is 0 Å². The van der Waals surface area contributed by atoms with Crippen LogP contribution in [0.3, 0.4) is 0 Å². The SMILES string of the molecule is CC(C)c1ccccc1OCC(N)C(C)C. The fourth-order valence-electron chi connectivity index (χ4n) is 1.47. The molecule has 0 aliphatic heterocycles. The highest BCUT2D eigenvalue weighted by Gasteiger charge is 2.11. The standard InChI is InChI=1S/C14H23NO/c1-10(2)12-7-5-6-8-14(12)16-9-13(15)11(3)4/h5-8,10-11,13H,9,15H2,1-4H3. The van der Waals surface area contributed by atoms with Crippen molar-refractivity contribution in [2.75, 3.05) is 6.61 Å². The van der Waals surface area contributed by atoms with Crippen molar-refractivity contribution in [2.45, 2.75) is 39.7 Å². The first kappa shape index (κ1) is 13.0. The molecular weight excluding hydrogens is 198 g/mol. The molecule has 1 aromatic rings. The molecular formula is C14H23NO. The molecule has 0 fully saturated rings. The van der Waals surface area contributed by atoms with Crippen LogP contribution in [0.4, 0.5) is 0 Å². The molecule has 0 amide bonds. The molecule has 0 bridgehead atoms. The molecule has 0 heterocycles. The van der Waals surface area contributed by atoms with Crippen molar-refractivity contribution in [1.29, 1.82) is 0 Å². The van der Waals surface area contributed by atoms with Crippen molar-refractivity contribution in [3.63, 3.8) is 0 Å². The van der Waals surface area contributed by atoms with Crippen molar-refractivity contribution < 1.29 is 4.74 Å². The van der Waals surface area contributed by atoms with Gasteiger partial charge in [0.15, 0.2) is 0 Å². The number of benzene rings is 1. The molecule has 1 atom stereocenters. The van der Waals surface area contributed by atoms with E-state index in [9.17, 15) is 0 Å². The lowest BCUT2D eigenvalue weighted by atomic mass is 10.0. The third-order valence-electron chi connectivity index (χ3n) is 2.83. The Kier molecular flexibility index (Phi) is 4.81. The zero-order valence-corrected chi connectivity index (χ0v) is 10.7. The summed E-state index contributed by atoms with van der Waals surface area (Å²) in [6.45, 7) is 9.15. The van der Waals surface area contributed by atoms with Gasteiger partial charge in [-0.15, -0.1) is 0 Å². The number of rotatable bonds is 5. The maximum Gasteiger partial charge on any atom is 0.122 e. The van der Waals surface area contributed by atoms with Crippen LogP contribution in [0.1, 0.15) is 39.2 Å². The van der Waals surface area contributed by atoms with Gasteiger partial charge in [-0.05, 0) is 23.5 Å². The number of hydrogen-bond donors (Lipinski definition) is 1. The van der Waals surface area contributed by atoms with E-state index in [2.05, 4.69) is 33.8 Å². The molecule has 0 aliphatic rings. The molecule has 0 spiro atoms. The van der Waals surface area contributed by atoms with Crippen LogP contribution in [-0.2, 0) is 0 Å². The Labute approximate surface area is 98.8 Å². The summed E-state index contributed by atoms with van der Waals surface area (Å²) in [7, 11) is 0. The number of hydrogen-bond acceptors (Lipinski definition) is 2. The maximum atomic E-state index is 5.97. The van der Waals surface area contributed by atoms with Crippen molar-refractivity contribution in [1.82, 2.24) is 0 Å². The van der Waals surface area contributed by atoms with Gasteiger partial charge in [-0.3, -0.25) is 0 Å². The molecule has 0 aliphatic carbocycles. The van der Waals surface area contributed by atoms with Gasteiger partial charge < -0.3 is 10.5 Å². The van der Waals surface area contributed by atoms with Crippen molar-refractivity contribution in [3.8, 4) is 5.75 Å². The Morgan fingerprint density at radius 2 is 1.75 bits per heavy atom. The molecule has 1 rings (SSSR count). The zero-order valence-electron chi connectivity index (χ0n) is 10.7. The molecule has 0 saturated heterocycles. The van der Waals surface area contributed by atoms with E-state index in [0.29, 0.717) is 18.4 Å². The van der Waals surface area contributed by atoms with Crippen molar-refractivity contribution in [3.05, 3.63) is 29.8 Å². The lowest BCUT2D eigenvalue weighted by molar-refractivity contribution is 0.257. The van der Waals surface area contributed by atoms with Gasteiger partial charge in [0.2, 0.25) is 0 Å². The lowest BCUT2D eigenvalue weighted by Crippen LogP contribution is -2.33. The molecule has 90 valence electrons. The van der Waals surface area contributed by atoms with E-state index < -0.39 is 0 Å². The fourth-order valence-corrected chi connectivity index (χ4v) is 1.47. The Hall–Kier alpha value is -1.02. The first-order valence-electron chi connectivity index (χ1n) is 5.99. The second-order valence-electron chi connectivity index (χ2n) is 4.91. The summed E-state index contributed by atoms with van der Waals surface area (Å²) >= 11 is 0. The highest BCUT2D eigenvalue weighted by atomic mass is 16.5. The minimum absolute atomic E-state index is 0.0974. The predicted octanol–water partition coefficient (Wildman–Crippen LogP) is 3.17. The molecule has 2 N–H and O–H groups in total. The fraction of sp³-hybridized carbons (Fsp3) is 0.571. The molecule has 2 heteroatoms. The normalized spacial score (nSPS) is 13.2. The second kappa shape index (κ2) is 5.90. The Balaban J connectivity index is 2.66. The average Bonchev–Trinajstić information content (AvgIpc) is 2.25. The summed E-state index contributed by atoms with van der Waals surface area (Å²) in [5, 5.41) is 0. The molecule has 1 aromatic carbocycles. The van der Waals surface area contributed by atoms with Gasteiger partial charge in [-0.1, -0.05) is 45.9 Å². The lowest BCUT2D eigenvalue weighted by Gasteiger charge is -2.19. The van der Waals surface area contributed by atoms with Crippen molar-refractivity contribution in [2.24, 2.45) is 11.7 Å². The largest absolute Gasteiger partial charge is 0.492 e. The quantitative estimate of drug-likeness (QED) is 0.829. The molecule has 0 saturated carbocycles. The molecule has 0 aromatic heterocycles. The van der Waals surface area contributed by atoms with E-state index in [1.54, 1.807) is 0 Å². The second-order valence-corrected chi connectivity index (χ2v) is 4.91. The molecule has 2 nitrogen and oxygen atoms in total. The van der Waals surface area contributed by atoms with Crippen molar-refractivity contribution >= 4 is 0 Å². The maximum absolute atomic E-state index is 5.97. The summed E-state index contributed by atoms with van der Waals surface area (Å²) in [5.74, 6) is 1.89. The third kappa shape index (κ3) is 3.53. The summed E-state index contributed by atoms with van der Waals surface area (Å²) in [6.07, 6.45) is 0. The summed E-state index contributed by atoms with van der Waals surface area (Å²) in [6, 6.07) is 8.27. The topological polar surface area (TPSA) is 35.2 Å². The summed E-state index contributed by atoms with van der Waals surface area (Å²) in [4.78, 5) is 0. The Morgan fingerprint density at radius 1 is 1.12 bits per heavy atom. The number of para-hydroxylation sites is 1. The van der Waals surface area contributed by atoms with Gasteiger partial charge in [-0.2, -0.15) is 0 Å². The van der Waals surface area contributed by atoms with Crippen LogP contribution < -0.4 is 10.5 Å². The highest BCUT2D eigenvalue weighted by Crippen LogP contribution is 2.25. The first-order chi connectivity index (χ1) is 7.52. The highest BCUT2D eigenvalue weighted by molar-refractivity contribution is 5.35. The van der Waals surface area contributed by atoms with E-state index in [0.717, 1.165) is 5.75 Å². The molecule has 16 heavy (non-hydrogen) atoms. The predicted molar refractivity (Wildman–Crippen MR) is 68.8 cm³/mol. The van der Waals surface area contributed by atoms with Crippen LogP contribution in [0.15, 0.2) is 24.3 Å². The smallest absolute Gasteiger partial charge is 0.122 e. The van der Waals surface area contributed by atoms with Gasteiger partial charge in [0.05, 0.1) is 0 Å². The summed E-state index contributed by atoms with van der Waals surface area (Å²) in [5.41, 5.74) is 7.21. The van der Waals surface area contributed by atoms with Crippen LogP contribution >= 0.6 is 0 Å².